The van der Waals surface area contributed by atoms with Crippen LogP contribution < -0.4 is 0 Å². The molecule has 1 N–H and O–H groups in total. The average molecular weight is 198 g/mol. The minimum Gasteiger partial charge on any atom is -0.296 e. The highest BCUT2D eigenvalue weighted by Gasteiger charge is 2.42. The first-order valence-corrected chi connectivity index (χ1v) is 5.21. The Labute approximate surface area is 84.7 Å². The lowest BCUT2D eigenvalue weighted by molar-refractivity contribution is -0.301. The molecule has 80 valence electrons. The molecule has 0 aromatic rings. The fraction of sp³-hybridized carbons (Fsp3) is 0.727. The molecule has 1 aliphatic carbocycles. The van der Waals surface area contributed by atoms with E-state index in [0.29, 0.717) is 24.8 Å². The zero-order chi connectivity index (χ0) is 10.6. The topological polar surface area (TPSA) is 46.5 Å². The van der Waals surface area contributed by atoms with Crippen molar-refractivity contribution in [1.82, 2.24) is 0 Å². The standard InChI is InChI=1S/C11H18O3/c1-3-9(2)11(14-13)8-6-4-5-7-10(11)12/h13H,2-8H2,1H3. The van der Waals surface area contributed by atoms with Crippen molar-refractivity contribution >= 4 is 5.78 Å². The van der Waals surface area contributed by atoms with E-state index in [-0.39, 0.29) is 5.78 Å². The highest BCUT2D eigenvalue weighted by Crippen LogP contribution is 2.33. The number of Topliss-reactive ketones (excluding diaryl/α,β-unsaturated/α-hetero) is 1. The van der Waals surface area contributed by atoms with Gasteiger partial charge in [0.25, 0.3) is 0 Å². The van der Waals surface area contributed by atoms with Crippen LogP contribution in [-0.4, -0.2) is 16.6 Å². The van der Waals surface area contributed by atoms with Crippen molar-refractivity contribution in [2.75, 3.05) is 0 Å². The number of carbonyl (C=O) groups is 1. The number of rotatable bonds is 3. The molecule has 0 aliphatic heterocycles. The Morgan fingerprint density at radius 2 is 2.29 bits per heavy atom. The summed E-state index contributed by atoms with van der Waals surface area (Å²) in [6.45, 7) is 5.74. The van der Waals surface area contributed by atoms with E-state index in [4.69, 9.17) is 5.26 Å². The first-order valence-electron chi connectivity index (χ1n) is 5.21. The fourth-order valence-electron chi connectivity index (χ4n) is 2.00. The van der Waals surface area contributed by atoms with Crippen molar-refractivity contribution in [3.8, 4) is 0 Å². The first kappa shape index (κ1) is 11.4. The van der Waals surface area contributed by atoms with Gasteiger partial charge in [0, 0.05) is 6.42 Å². The van der Waals surface area contributed by atoms with E-state index in [2.05, 4.69) is 11.5 Å². The summed E-state index contributed by atoms with van der Waals surface area (Å²) in [5.74, 6) is -0.0237. The largest absolute Gasteiger partial charge is 0.296 e. The van der Waals surface area contributed by atoms with E-state index >= 15 is 0 Å². The molecule has 0 aromatic carbocycles. The molecule has 0 bridgehead atoms. The summed E-state index contributed by atoms with van der Waals surface area (Å²) in [6, 6.07) is 0. The summed E-state index contributed by atoms with van der Waals surface area (Å²) in [5, 5.41) is 8.96. The lowest BCUT2D eigenvalue weighted by atomic mass is 9.84. The van der Waals surface area contributed by atoms with Crippen LogP contribution in [-0.2, 0) is 9.68 Å². The van der Waals surface area contributed by atoms with Gasteiger partial charge < -0.3 is 0 Å². The molecule has 0 spiro atoms. The van der Waals surface area contributed by atoms with E-state index in [1.165, 1.54) is 0 Å². The van der Waals surface area contributed by atoms with Gasteiger partial charge in [0.2, 0.25) is 0 Å². The maximum atomic E-state index is 11.8. The monoisotopic (exact) mass is 198 g/mol. The summed E-state index contributed by atoms with van der Waals surface area (Å²) in [7, 11) is 0. The van der Waals surface area contributed by atoms with E-state index in [0.717, 1.165) is 19.3 Å². The Kier molecular flexibility index (Phi) is 3.84. The highest BCUT2D eigenvalue weighted by molar-refractivity contribution is 5.90. The molecule has 1 rings (SSSR count). The van der Waals surface area contributed by atoms with Gasteiger partial charge in [-0.2, -0.15) is 0 Å². The van der Waals surface area contributed by atoms with Gasteiger partial charge in [0.05, 0.1) is 0 Å². The van der Waals surface area contributed by atoms with Crippen LogP contribution in [0, 0.1) is 0 Å². The molecule has 3 heteroatoms. The third-order valence-corrected chi connectivity index (χ3v) is 3.04. The second-order valence-electron chi connectivity index (χ2n) is 3.86. The van der Waals surface area contributed by atoms with Crippen molar-refractivity contribution in [1.29, 1.82) is 0 Å². The Hall–Kier alpha value is -0.670. The molecule has 0 aromatic heterocycles. The summed E-state index contributed by atoms with van der Waals surface area (Å²) in [6.07, 6.45) is 4.53. The molecule has 1 atom stereocenters. The molecule has 14 heavy (non-hydrogen) atoms. The lowest BCUT2D eigenvalue weighted by Crippen LogP contribution is -2.41. The Morgan fingerprint density at radius 1 is 1.57 bits per heavy atom. The van der Waals surface area contributed by atoms with E-state index < -0.39 is 5.60 Å². The zero-order valence-corrected chi connectivity index (χ0v) is 8.71. The second kappa shape index (κ2) is 4.71. The van der Waals surface area contributed by atoms with Gasteiger partial charge in [0.15, 0.2) is 11.4 Å². The molecule has 3 nitrogen and oxygen atoms in total. The third kappa shape index (κ3) is 1.88. The van der Waals surface area contributed by atoms with Crippen molar-refractivity contribution in [2.24, 2.45) is 0 Å². The second-order valence-corrected chi connectivity index (χ2v) is 3.86. The van der Waals surface area contributed by atoms with E-state index in [1.54, 1.807) is 0 Å². The average Bonchev–Trinajstić information content (AvgIpc) is 2.40. The normalized spacial score (nSPS) is 28.6. The Bertz CT molecular complexity index is 235. The number of ketones is 1. The van der Waals surface area contributed by atoms with Crippen LogP contribution >= 0.6 is 0 Å². The van der Waals surface area contributed by atoms with Gasteiger partial charge in [-0.05, 0) is 31.3 Å². The van der Waals surface area contributed by atoms with Crippen molar-refractivity contribution in [2.45, 2.75) is 51.0 Å². The summed E-state index contributed by atoms with van der Waals surface area (Å²) in [4.78, 5) is 16.3. The van der Waals surface area contributed by atoms with Gasteiger partial charge in [-0.3, -0.25) is 10.1 Å². The third-order valence-electron chi connectivity index (χ3n) is 3.04. The van der Waals surface area contributed by atoms with Crippen LogP contribution in [0.2, 0.25) is 0 Å². The molecule has 1 aliphatic rings. The maximum Gasteiger partial charge on any atom is 0.182 e. The van der Waals surface area contributed by atoms with E-state index in [1.807, 2.05) is 6.92 Å². The van der Waals surface area contributed by atoms with Crippen LogP contribution in [0.4, 0.5) is 0 Å². The van der Waals surface area contributed by atoms with Crippen molar-refractivity contribution in [3.63, 3.8) is 0 Å². The predicted octanol–water partition coefficient (Wildman–Crippen LogP) is 2.71. The Morgan fingerprint density at radius 3 is 2.86 bits per heavy atom. The molecular weight excluding hydrogens is 180 g/mol. The van der Waals surface area contributed by atoms with Crippen LogP contribution in [0.3, 0.4) is 0 Å². The highest BCUT2D eigenvalue weighted by atomic mass is 17.1. The van der Waals surface area contributed by atoms with Gasteiger partial charge in [-0.15, -0.1) is 0 Å². The Balaban J connectivity index is 2.92. The predicted molar refractivity (Wildman–Crippen MR) is 54.0 cm³/mol. The summed E-state index contributed by atoms with van der Waals surface area (Å²) >= 11 is 0. The van der Waals surface area contributed by atoms with Gasteiger partial charge in [-0.1, -0.05) is 19.9 Å². The molecule has 0 saturated heterocycles. The van der Waals surface area contributed by atoms with Gasteiger partial charge in [-0.25, -0.2) is 4.89 Å². The fourth-order valence-corrected chi connectivity index (χ4v) is 2.00. The van der Waals surface area contributed by atoms with E-state index in [9.17, 15) is 4.79 Å². The maximum absolute atomic E-state index is 11.8. The van der Waals surface area contributed by atoms with Gasteiger partial charge in [0.1, 0.15) is 0 Å². The SMILES string of the molecule is C=C(CC)C1(OO)CCCCCC1=O. The first-order chi connectivity index (χ1) is 6.67. The van der Waals surface area contributed by atoms with Crippen molar-refractivity contribution in [3.05, 3.63) is 12.2 Å². The number of hydrogen-bond acceptors (Lipinski definition) is 3. The molecule has 0 radical (unpaired) electrons. The summed E-state index contributed by atoms with van der Waals surface area (Å²) < 4.78 is 0. The molecule has 0 heterocycles. The smallest absolute Gasteiger partial charge is 0.182 e. The molecule has 1 saturated carbocycles. The molecule has 1 fully saturated rings. The molecule has 1 unspecified atom stereocenters. The number of hydrogen-bond donors (Lipinski definition) is 1. The van der Waals surface area contributed by atoms with Gasteiger partial charge >= 0.3 is 0 Å². The van der Waals surface area contributed by atoms with Crippen LogP contribution in [0.5, 0.6) is 0 Å². The quantitative estimate of drug-likeness (QED) is 0.328. The number of carbonyl (C=O) groups excluding carboxylic acids is 1. The minimum absolute atomic E-state index is 0.0237. The summed E-state index contributed by atoms with van der Waals surface area (Å²) in [5.41, 5.74) is -0.419. The molecular formula is C11H18O3. The van der Waals surface area contributed by atoms with Crippen LogP contribution in [0.1, 0.15) is 45.4 Å². The van der Waals surface area contributed by atoms with Crippen molar-refractivity contribution < 1.29 is 14.9 Å². The van der Waals surface area contributed by atoms with Crippen LogP contribution in [0.15, 0.2) is 12.2 Å². The lowest BCUT2D eigenvalue weighted by Gasteiger charge is -2.29. The minimum atomic E-state index is -1.11. The van der Waals surface area contributed by atoms with Crippen LogP contribution in [0.25, 0.3) is 0 Å². The zero-order valence-electron chi connectivity index (χ0n) is 8.71. The molecule has 0 amide bonds.